The fourth-order valence-corrected chi connectivity index (χ4v) is 4.79. The second kappa shape index (κ2) is 5.38. The third-order valence-corrected chi connectivity index (χ3v) is 5.58. The number of anilines is 1. The number of sulfone groups is 1. The molecule has 0 amide bonds. The van der Waals surface area contributed by atoms with E-state index < -0.39 is 15.2 Å². The first-order valence-corrected chi connectivity index (χ1v) is 8.84. The predicted molar refractivity (Wildman–Crippen MR) is 78.6 cm³/mol. The Labute approximate surface area is 116 Å². The summed E-state index contributed by atoms with van der Waals surface area (Å²) in [6.45, 7) is 0.670. The third-order valence-electron chi connectivity index (χ3n) is 2.93. The summed E-state index contributed by atoms with van der Waals surface area (Å²) in [4.78, 5) is 5.93. The van der Waals surface area contributed by atoms with Crippen molar-refractivity contribution >= 4 is 33.1 Å². The summed E-state index contributed by atoms with van der Waals surface area (Å²) in [5.74, 6) is 1.36. The number of nitrogen functional groups attached to an aromatic ring is 1. The molecule has 1 atom stereocenters. The Balaban J connectivity index is 2.30. The monoisotopic (exact) mass is 300 g/mol. The van der Waals surface area contributed by atoms with Gasteiger partial charge in [-0.25, -0.2) is 8.42 Å². The number of hydrogen-bond acceptors (Lipinski definition) is 6. The summed E-state index contributed by atoms with van der Waals surface area (Å²) >= 11 is 1.64. The number of pyridine rings is 1. The second-order valence-electron chi connectivity index (χ2n) is 4.37. The highest BCUT2D eigenvalue weighted by molar-refractivity contribution is 8.01. The zero-order chi connectivity index (χ0) is 14.0. The van der Waals surface area contributed by atoms with Gasteiger partial charge >= 0.3 is 0 Å². The maximum atomic E-state index is 11.8. The normalized spacial score (nSPS) is 20.3. The van der Waals surface area contributed by atoms with E-state index in [0.29, 0.717) is 18.0 Å². The van der Waals surface area contributed by atoms with Crippen LogP contribution in [0.4, 0.5) is 5.69 Å². The topological polar surface area (TPSA) is 100 Å². The average molecular weight is 300 g/mol. The highest BCUT2D eigenvalue weighted by atomic mass is 32.2. The van der Waals surface area contributed by atoms with E-state index in [-0.39, 0.29) is 5.84 Å². The summed E-state index contributed by atoms with van der Waals surface area (Å²) in [6.07, 6.45) is 2.83. The van der Waals surface area contributed by atoms with E-state index in [1.54, 1.807) is 30.1 Å². The van der Waals surface area contributed by atoms with Crippen molar-refractivity contribution in [1.29, 1.82) is 5.41 Å². The quantitative estimate of drug-likeness (QED) is 0.615. The summed E-state index contributed by atoms with van der Waals surface area (Å²) in [7, 11) is -3.14. The van der Waals surface area contributed by atoms with Crippen LogP contribution in [0.1, 0.15) is 5.69 Å². The zero-order valence-electron chi connectivity index (χ0n) is 10.5. The fraction of sp³-hybridized carbons (Fsp3) is 0.455. The number of nitrogens with two attached hydrogens (primary N) is 1. The van der Waals surface area contributed by atoms with Crippen LogP contribution in [0.5, 0.6) is 0 Å². The summed E-state index contributed by atoms with van der Waals surface area (Å²) in [6, 6.07) is 3.40. The summed E-state index contributed by atoms with van der Waals surface area (Å²) < 4.78 is 23.6. The predicted octanol–water partition coefficient (Wildman–Crippen LogP) is 0.290. The van der Waals surface area contributed by atoms with E-state index >= 15 is 0 Å². The molecule has 1 saturated heterocycles. The van der Waals surface area contributed by atoms with Crippen LogP contribution >= 0.6 is 11.8 Å². The highest BCUT2D eigenvalue weighted by Gasteiger charge is 2.31. The van der Waals surface area contributed by atoms with Crippen LogP contribution in [0.2, 0.25) is 0 Å². The molecule has 1 aromatic heterocycles. The number of hydrogen-bond donors (Lipinski definition) is 2. The molecule has 0 spiro atoms. The molecule has 1 aromatic rings. The van der Waals surface area contributed by atoms with E-state index in [4.69, 9.17) is 11.1 Å². The van der Waals surface area contributed by atoms with Crippen LogP contribution in [0.3, 0.4) is 0 Å². The van der Waals surface area contributed by atoms with Crippen LogP contribution in [-0.2, 0) is 9.84 Å². The molecule has 3 N–H and O–H groups in total. The summed E-state index contributed by atoms with van der Waals surface area (Å²) in [5, 5.41) is 6.77. The van der Waals surface area contributed by atoms with E-state index in [0.717, 1.165) is 11.4 Å². The number of nitrogens with one attached hydrogen (secondary N) is 1. The van der Waals surface area contributed by atoms with Crippen LogP contribution in [-0.4, -0.2) is 48.9 Å². The van der Waals surface area contributed by atoms with Gasteiger partial charge in [0.15, 0.2) is 9.84 Å². The number of thioether (sulfide) groups is 1. The van der Waals surface area contributed by atoms with Gasteiger partial charge in [-0.2, -0.15) is 11.8 Å². The molecule has 0 bridgehead atoms. The van der Waals surface area contributed by atoms with Crippen molar-refractivity contribution in [3.63, 3.8) is 0 Å². The molecule has 0 radical (unpaired) electrons. The number of nitrogens with zero attached hydrogens (tertiary/aromatic N) is 2. The molecular formula is C11H16N4O2S2. The van der Waals surface area contributed by atoms with Gasteiger partial charge in [0.1, 0.15) is 16.9 Å². The summed E-state index contributed by atoms with van der Waals surface area (Å²) in [5.41, 5.74) is 6.49. The zero-order valence-corrected chi connectivity index (χ0v) is 12.2. The first kappa shape index (κ1) is 14.1. The van der Waals surface area contributed by atoms with Gasteiger partial charge in [0.05, 0.1) is 11.9 Å². The maximum absolute atomic E-state index is 11.8. The van der Waals surface area contributed by atoms with Gasteiger partial charge in [-0.1, -0.05) is 0 Å². The second-order valence-corrected chi connectivity index (χ2v) is 7.72. The lowest BCUT2D eigenvalue weighted by molar-refractivity contribution is 0.584. The van der Waals surface area contributed by atoms with Gasteiger partial charge < -0.3 is 10.6 Å². The maximum Gasteiger partial charge on any atom is 0.169 e. The number of aromatic nitrogens is 1. The largest absolute Gasteiger partial charge is 0.382 e. The van der Waals surface area contributed by atoms with Crippen LogP contribution < -0.4 is 10.6 Å². The molecule has 6 nitrogen and oxygen atoms in total. The molecule has 0 aliphatic carbocycles. The van der Waals surface area contributed by atoms with Gasteiger partial charge in [0, 0.05) is 24.3 Å². The van der Waals surface area contributed by atoms with Crippen LogP contribution in [0, 0.1) is 5.41 Å². The first-order chi connectivity index (χ1) is 8.89. The molecule has 104 valence electrons. The van der Waals surface area contributed by atoms with Gasteiger partial charge in [-0.15, -0.1) is 0 Å². The van der Waals surface area contributed by atoms with Gasteiger partial charge in [-0.05, 0) is 12.1 Å². The highest BCUT2D eigenvalue weighted by Crippen LogP contribution is 2.26. The van der Waals surface area contributed by atoms with E-state index in [9.17, 15) is 8.42 Å². The lowest BCUT2D eigenvalue weighted by Crippen LogP contribution is -2.47. The molecule has 2 heterocycles. The minimum absolute atomic E-state index is 0.0968. The Morgan fingerprint density at radius 1 is 1.58 bits per heavy atom. The average Bonchev–Trinajstić information content (AvgIpc) is 2.38. The third kappa shape index (κ3) is 3.19. The van der Waals surface area contributed by atoms with Crippen LogP contribution in [0.25, 0.3) is 0 Å². The van der Waals surface area contributed by atoms with Gasteiger partial charge in [0.2, 0.25) is 0 Å². The van der Waals surface area contributed by atoms with Crippen LogP contribution in [0.15, 0.2) is 18.3 Å². The Morgan fingerprint density at radius 3 is 2.84 bits per heavy atom. The Hall–Kier alpha value is -1.28. The van der Waals surface area contributed by atoms with Gasteiger partial charge in [-0.3, -0.25) is 10.4 Å². The molecule has 8 heteroatoms. The van der Waals surface area contributed by atoms with Crippen molar-refractivity contribution in [2.45, 2.75) is 5.37 Å². The Morgan fingerprint density at radius 2 is 2.32 bits per heavy atom. The van der Waals surface area contributed by atoms with Crippen molar-refractivity contribution in [2.24, 2.45) is 5.73 Å². The van der Waals surface area contributed by atoms with Crippen molar-refractivity contribution < 1.29 is 8.42 Å². The molecule has 0 aromatic carbocycles. The van der Waals surface area contributed by atoms with E-state index in [1.807, 2.05) is 4.90 Å². The van der Waals surface area contributed by atoms with Crippen molar-refractivity contribution in [3.05, 3.63) is 24.0 Å². The van der Waals surface area contributed by atoms with Gasteiger partial charge in [0.25, 0.3) is 0 Å². The standard InChI is InChI=1S/C11H16N4O2S2/c1-19(16,17)10-7-18-5-4-15(10)8-2-3-9(11(12)13)14-6-8/h2-3,6,10H,4-5,7H2,1H3,(H3,12,13). The SMILES string of the molecule is CS(=O)(=O)C1CSCCN1c1ccc(C(=N)N)nc1. The number of rotatable bonds is 3. The lowest BCUT2D eigenvalue weighted by atomic mass is 10.3. The lowest BCUT2D eigenvalue weighted by Gasteiger charge is -2.35. The molecule has 2 rings (SSSR count). The van der Waals surface area contributed by atoms with E-state index in [2.05, 4.69) is 4.98 Å². The molecular weight excluding hydrogens is 284 g/mol. The van der Waals surface area contributed by atoms with E-state index in [1.165, 1.54) is 6.26 Å². The molecule has 1 aliphatic rings. The molecule has 0 saturated carbocycles. The molecule has 1 fully saturated rings. The Bertz CT molecular complexity index is 571. The molecule has 19 heavy (non-hydrogen) atoms. The minimum Gasteiger partial charge on any atom is -0.382 e. The number of amidine groups is 1. The Kier molecular flexibility index (Phi) is 4.00. The van der Waals surface area contributed by atoms with Crippen molar-refractivity contribution in [3.8, 4) is 0 Å². The minimum atomic E-state index is -3.14. The smallest absolute Gasteiger partial charge is 0.169 e. The molecule has 1 unspecified atom stereocenters. The van der Waals surface area contributed by atoms with Crippen molar-refractivity contribution in [2.75, 3.05) is 29.2 Å². The first-order valence-electron chi connectivity index (χ1n) is 5.73. The fourth-order valence-electron chi connectivity index (χ4n) is 1.95. The van der Waals surface area contributed by atoms with Crippen molar-refractivity contribution in [1.82, 2.24) is 4.98 Å². The molecule has 1 aliphatic heterocycles.